The molecule has 1 atom stereocenters. The van der Waals surface area contributed by atoms with Gasteiger partial charge in [0.1, 0.15) is 0 Å². The summed E-state index contributed by atoms with van der Waals surface area (Å²) >= 11 is 0. The van der Waals surface area contributed by atoms with Gasteiger partial charge in [0, 0.05) is 18.0 Å². The van der Waals surface area contributed by atoms with E-state index >= 15 is 0 Å². The first-order valence-corrected chi connectivity index (χ1v) is 4.59. The lowest BCUT2D eigenvalue weighted by Crippen LogP contribution is -2.22. The molecule has 0 unspecified atom stereocenters. The molecule has 1 aromatic carbocycles. The Kier molecular flexibility index (Phi) is 3.93. The Bertz CT molecular complexity index is 401. The number of methoxy groups -OCH3 is 1. The van der Waals surface area contributed by atoms with Crippen LogP contribution in [0.5, 0.6) is 11.5 Å². The average molecular weight is 252 g/mol. The number of benzene rings is 1. The molecule has 0 saturated carbocycles. The van der Waals surface area contributed by atoms with Crippen molar-refractivity contribution in [2.24, 2.45) is 5.73 Å². The summed E-state index contributed by atoms with van der Waals surface area (Å²) in [6.07, 6.45) is 0.585. The van der Waals surface area contributed by atoms with Crippen molar-refractivity contribution in [3.05, 3.63) is 23.3 Å². The SMILES string of the molecule is COc1cc2c(c(F)c1F)OCC[C@@H]2N.Cl. The molecule has 1 aliphatic heterocycles. The molecule has 6 heteroatoms. The molecule has 2 rings (SSSR count). The van der Waals surface area contributed by atoms with Crippen molar-refractivity contribution in [3.63, 3.8) is 0 Å². The van der Waals surface area contributed by atoms with E-state index in [0.29, 0.717) is 18.6 Å². The van der Waals surface area contributed by atoms with Gasteiger partial charge in [0.15, 0.2) is 11.5 Å². The smallest absolute Gasteiger partial charge is 0.204 e. The average Bonchev–Trinajstić information content (AvgIpc) is 2.24. The highest BCUT2D eigenvalue weighted by molar-refractivity contribution is 5.85. The van der Waals surface area contributed by atoms with Crippen molar-refractivity contribution in [1.82, 2.24) is 0 Å². The molecular weight excluding hydrogens is 240 g/mol. The van der Waals surface area contributed by atoms with E-state index in [9.17, 15) is 8.78 Å². The van der Waals surface area contributed by atoms with E-state index < -0.39 is 11.6 Å². The van der Waals surface area contributed by atoms with Crippen molar-refractivity contribution in [3.8, 4) is 11.5 Å². The van der Waals surface area contributed by atoms with E-state index in [2.05, 4.69) is 0 Å². The molecule has 0 amide bonds. The van der Waals surface area contributed by atoms with Crippen LogP contribution in [0, 0.1) is 11.6 Å². The van der Waals surface area contributed by atoms with Gasteiger partial charge >= 0.3 is 0 Å². The Labute approximate surface area is 97.9 Å². The number of ether oxygens (including phenoxy) is 2. The van der Waals surface area contributed by atoms with Gasteiger partial charge in [-0.2, -0.15) is 8.78 Å². The standard InChI is InChI=1S/C10H11F2NO2.ClH/c1-14-7-4-5-6(13)2-3-15-10(5)9(12)8(7)11;/h4,6H,2-3,13H2,1H3;1H/t6-;/m0./s1. The van der Waals surface area contributed by atoms with Crippen LogP contribution in [0.25, 0.3) is 0 Å². The summed E-state index contributed by atoms with van der Waals surface area (Å²) in [5.41, 5.74) is 6.22. The van der Waals surface area contributed by atoms with Crippen LogP contribution in [0.4, 0.5) is 8.78 Å². The number of hydrogen-bond donors (Lipinski definition) is 1. The molecule has 1 aliphatic rings. The highest BCUT2D eigenvalue weighted by Gasteiger charge is 2.26. The fourth-order valence-corrected chi connectivity index (χ4v) is 1.62. The molecule has 0 fully saturated rings. The number of rotatable bonds is 1. The topological polar surface area (TPSA) is 44.5 Å². The third-order valence-corrected chi connectivity index (χ3v) is 2.45. The molecule has 0 aliphatic carbocycles. The lowest BCUT2D eigenvalue weighted by Gasteiger charge is -2.24. The van der Waals surface area contributed by atoms with Gasteiger partial charge in [0.25, 0.3) is 0 Å². The third-order valence-electron chi connectivity index (χ3n) is 2.45. The van der Waals surface area contributed by atoms with Gasteiger partial charge in [-0.25, -0.2) is 0 Å². The second kappa shape index (κ2) is 4.84. The number of fused-ring (bicyclic) bond motifs is 1. The summed E-state index contributed by atoms with van der Waals surface area (Å²) in [6, 6.07) is 1.05. The molecule has 1 aromatic rings. The van der Waals surface area contributed by atoms with Crippen LogP contribution in [0.2, 0.25) is 0 Å². The largest absolute Gasteiger partial charge is 0.494 e. The zero-order valence-electron chi connectivity index (χ0n) is 8.63. The number of nitrogens with two attached hydrogens (primary N) is 1. The molecule has 3 nitrogen and oxygen atoms in total. The number of halogens is 3. The van der Waals surface area contributed by atoms with Gasteiger partial charge in [0.2, 0.25) is 11.6 Å². The second-order valence-corrected chi connectivity index (χ2v) is 3.37. The molecule has 1 heterocycles. The first-order chi connectivity index (χ1) is 7.15. The van der Waals surface area contributed by atoms with Crippen molar-refractivity contribution < 1.29 is 18.3 Å². The van der Waals surface area contributed by atoms with E-state index in [0.717, 1.165) is 0 Å². The first-order valence-electron chi connectivity index (χ1n) is 4.59. The van der Waals surface area contributed by atoms with Crippen LogP contribution >= 0.6 is 12.4 Å². The predicted molar refractivity (Wildman–Crippen MR) is 57.2 cm³/mol. The van der Waals surface area contributed by atoms with Crippen LogP contribution in [-0.2, 0) is 0 Å². The van der Waals surface area contributed by atoms with Crippen LogP contribution in [0.15, 0.2) is 6.07 Å². The van der Waals surface area contributed by atoms with Crippen molar-refractivity contribution >= 4 is 12.4 Å². The van der Waals surface area contributed by atoms with E-state index in [4.69, 9.17) is 15.2 Å². The lowest BCUT2D eigenvalue weighted by molar-refractivity contribution is 0.247. The van der Waals surface area contributed by atoms with Crippen LogP contribution in [-0.4, -0.2) is 13.7 Å². The van der Waals surface area contributed by atoms with Gasteiger partial charge < -0.3 is 15.2 Å². The maximum Gasteiger partial charge on any atom is 0.204 e. The molecule has 0 saturated heterocycles. The van der Waals surface area contributed by atoms with E-state index in [1.807, 2.05) is 0 Å². The molecule has 90 valence electrons. The van der Waals surface area contributed by atoms with Crippen molar-refractivity contribution in [2.75, 3.05) is 13.7 Å². The zero-order valence-corrected chi connectivity index (χ0v) is 9.44. The van der Waals surface area contributed by atoms with Crippen LogP contribution in [0.1, 0.15) is 18.0 Å². The summed E-state index contributed by atoms with van der Waals surface area (Å²) in [6.45, 7) is 0.302. The summed E-state index contributed by atoms with van der Waals surface area (Å²) in [4.78, 5) is 0. The summed E-state index contributed by atoms with van der Waals surface area (Å²) in [7, 11) is 1.28. The maximum atomic E-state index is 13.5. The molecule has 0 spiro atoms. The minimum Gasteiger partial charge on any atom is -0.494 e. The zero-order chi connectivity index (χ0) is 11.0. The predicted octanol–water partition coefficient (Wildman–Crippen LogP) is 2.18. The Morgan fingerprint density at radius 2 is 2.12 bits per heavy atom. The summed E-state index contributed by atoms with van der Waals surface area (Å²) < 4.78 is 36.5. The quantitative estimate of drug-likeness (QED) is 0.832. The Morgan fingerprint density at radius 3 is 2.75 bits per heavy atom. The van der Waals surface area contributed by atoms with E-state index in [1.165, 1.54) is 13.2 Å². The lowest BCUT2D eigenvalue weighted by atomic mass is 10.0. The van der Waals surface area contributed by atoms with Gasteiger partial charge in [-0.1, -0.05) is 0 Å². The highest BCUT2D eigenvalue weighted by Crippen LogP contribution is 2.38. The van der Waals surface area contributed by atoms with Crippen molar-refractivity contribution in [2.45, 2.75) is 12.5 Å². The fraction of sp³-hybridized carbons (Fsp3) is 0.400. The molecule has 2 N–H and O–H groups in total. The van der Waals surface area contributed by atoms with Gasteiger partial charge in [-0.3, -0.25) is 0 Å². The van der Waals surface area contributed by atoms with E-state index in [-0.39, 0.29) is 29.9 Å². The van der Waals surface area contributed by atoms with Crippen molar-refractivity contribution in [1.29, 1.82) is 0 Å². The Hall–Kier alpha value is -1.07. The summed E-state index contributed by atoms with van der Waals surface area (Å²) in [5, 5.41) is 0. The monoisotopic (exact) mass is 251 g/mol. The third kappa shape index (κ3) is 1.92. The molecular formula is C10H12ClF2NO2. The van der Waals surface area contributed by atoms with E-state index in [1.54, 1.807) is 0 Å². The van der Waals surface area contributed by atoms with Crippen LogP contribution < -0.4 is 15.2 Å². The Morgan fingerprint density at radius 1 is 1.44 bits per heavy atom. The molecule has 16 heavy (non-hydrogen) atoms. The second-order valence-electron chi connectivity index (χ2n) is 3.37. The summed E-state index contributed by atoms with van der Waals surface area (Å²) in [5.74, 6) is -2.30. The highest BCUT2D eigenvalue weighted by atomic mass is 35.5. The normalized spacial score (nSPS) is 18.1. The number of hydrogen-bond acceptors (Lipinski definition) is 3. The maximum absolute atomic E-state index is 13.5. The fourth-order valence-electron chi connectivity index (χ4n) is 1.62. The van der Waals surface area contributed by atoms with Gasteiger partial charge in [-0.05, 0) is 6.07 Å². The van der Waals surface area contributed by atoms with Gasteiger partial charge in [0.05, 0.1) is 13.7 Å². The van der Waals surface area contributed by atoms with Crippen LogP contribution in [0.3, 0.4) is 0 Å². The van der Waals surface area contributed by atoms with Gasteiger partial charge in [-0.15, -0.1) is 12.4 Å². The molecule has 0 aromatic heterocycles. The minimum absolute atomic E-state index is 0. The minimum atomic E-state index is -1.04. The Balaban J connectivity index is 0.00000128. The molecule has 0 bridgehead atoms. The molecule has 0 radical (unpaired) electrons. The first kappa shape index (κ1) is 13.0.